The second-order valence-electron chi connectivity index (χ2n) is 5.45. The van der Waals surface area contributed by atoms with Crippen LogP contribution >= 0.6 is 0 Å². The molecule has 0 saturated heterocycles. The summed E-state index contributed by atoms with van der Waals surface area (Å²) in [5, 5.41) is 9.28. The molecule has 1 fully saturated rings. The highest BCUT2D eigenvalue weighted by molar-refractivity contribution is 5.41. The molecule has 1 aliphatic carbocycles. The summed E-state index contributed by atoms with van der Waals surface area (Å²) in [4.78, 5) is 6.78. The van der Waals surface area contributed by atoms with Crippen molar-refractivity contribution in [1.29, 1.82) is 0 Å². The SMILES string of the molecule is CC(N)c1ccc(N(CCO)C2CCCCC2)nc1. The molecular formula is C15H25N3O. The molecule has 0 bridgehead atoms. The van der Waals surface area contributed by atoms with Crippen LogP contribution in [0.15, 0.2) is 18.3 Å². The number of nitrogens with zero attached hydrogens (tertiary/aromatic N) is 2. The van der Waals surface area contributed by atoms with Crippen molar-refractivity contribution in [2.75, 3.05) is 18.1 Å². The first-order valence-electron chi connectivity index (χ1n) is 7.31. The van der Waals surface area contributed by atoms with Crippen LogP contribution < -0.4 is 10.6 Å². The largest absolute Gasteiger partial charge is 0.395 e. The predicted octanol–water partition coefficient (Wildman–Crippen LogP) is 2.23. The van der Waals surface area contributed by atoms with E-state index < -0.39 is 0 Å². The normalized spacial score (nSPS) is 18.3. The fraction of sp³-hybridized carbons (Fsp3) is 0.667. The molecule has 1 aliphatic rings. The van der Waals surface area contributed by atoms with Crippen LogP contribution in [0.4, 0.5) is 5.82 Å². The number of pyridine rings is 1. The van der Waals surface area contributed by atoms with Gasteiger partial charge >= 0.3 is 0 Å². The van der Waals surface area contributed by atoms with Crippen LogP contribution in [0.5, 0.6) is 0 Å². The molecule has 106 valence electrons. The van der Waals surface area contributed by atoms with Gasteiger partial charge in [0.15, 0.2) is 0 Å². The van der Waals surface area contributed by atoms with Crippen LogP contribution in [-0.2, 0) is 0 Å². The van der Waals surface area contributed by atoms with Crippen LogP contribution in [0.3, 0.4) is 0 Å². The van der Waals surface area contributed by atoms with Gasteiger partial charge in [0.25, 0.3) is 0 Å². The molecule has 0 spiro atoms. The van der Waals surface area contributed by atoms with Gasteiger partial charge in [-0.3, -0.25) is 0 Å². The fourth-order valence-electron chi connectivity index (χ4n) is 2.82. The van der Waals surface area contributed by atoms with E-state index in [9.17, 15) is 5.11 Å². The lowest BCUT2D eigenvalue weighted by Crippen LogP contribution is -2.39. The Morgan fingerprint density at radius 1 is 1.37 bits per heavy atom. The average molecular weight is 263 g/mol. The summed E-state index contributed by atoms with van der Waals surface area (Å²) in [6.45, 7) is 2.80. The maximum absolute atomic E-state index is 9.28. The van der Waals surface area contributed by atoms with Gasteiger partial charge < -0.3 is 15.7 Å². The molecule has 1 aromatic rings. The van der Waals surface area contributed by atoms with E-state index in [1.165, 1.54) is 32.1 Å². The summed E-state index contributed by atoms with van der Waals surface area (Å²) < 4.78 is 0. The van der Waals surface area contributed by atoms with Gasteiger partial charge in [0.2, 0.25) is 0 Å². The Morgan fingerprint density at radius 3 is 2.63 bits per heavy atom. The van der Waals surface area contributed by atoms with E-state index in [0.29, 0.717) is 12.6 Å². The topological polar surface area (TPSA) is 62.4 Å². The molecule has 0 aliphatic heterocycles. The highest BCUT2D eigenvalue weighted by atomic mass is 16.3. The van der Waals surface area contributed by atoms with Crippen molar-refractivity contribution in [3.63, 3.8) is 0 Å². The van der Waals surface area contributed by atoms with Crippen LogP contribution in [0.2, 0.25) is 0 Å². The third kappa shape index (κ3) is 3.67. The minimum Gasteiger partial charge on any atom is -0.395 e. The van der Waals surface area contributed by atoms with Gasteiger partial charge in [-0.05, 0) is 31.4 Å². The highest BCUT2D eigenvalue weighted by Gasteiger charge is 2.21. The van der Waals surface area contributed by atoms with E-state index in [1.54, 1.807) is 0 Å². The first kappa shape index (κ1) is 14.3. The molecule has 0 radical (unpaired) electrons. The van der Waals surface area contributed by atoms with Crippen LogP contribution in [0.25, 0.3) is 0 Å². The first-order valence-corrected chi connectivity index (χ1v) is 7.31. The van der Waals surface area contributed by atoms with Crippen molar-refractivity contribution >= 4 is 5.82 Å². The van der Waals surface area contributed by atoms with Crippen LogP contribution in [0.1, 0.15) is 50.6 Å². The molecule has 1 saturated carbocycles. The van der Waals surface area contributed by atoms with Gasteiger partial charge in [-0.1, -0.05) is 25.3 Å². The summed E-state index contributed by atoms with van der Waals surface area (Å²) in [6, 6.07) is 4.61. The van der Waals surface area contributed by atoms with Crippen molar-refractivity contribution in [2.24, 2.45) is 5.73 Å². The molecule has 1 heterocycles. The van der Waals surface area contributed by atoms with E-state index in [2.05, 4.69) is 9.88 Å². The van der Waals surface area contributed by atoms with Gasteiger partial charge in [-0.2, -0.15) is 0 Å². The van der Waals surface area contributed by atoms with Crippen molar-refractivity contribution < 1.29 is 5.11 Å². The van der Waals surface area contributed by atoms with Gasteiger partial charge in [0.05, 0.1) is 6.61 Å². The van der Waals surface area contributed by atoms with Crippen LogP contribution in [-0.4, -0.2) is 29.3 Å². The molecule has 4 heteroatoms. The molecule has 1 unspecified atom stereocenters. The molecule has 2 rings (SSSR count). The lowest BCUT2D eigenvalue weighted by Gasteiger charge is -2.35. The maximum Gasteiger partial charge on any atom is 0.128 e. The molecule has 4 nitrogen and oxygen atoms in total. The summed E-state index contributed by atoms with van der Waals surface area (Å²) >= 11 is 0. The number of hydrogen-bond acceptors (Lipinski definition) is 4. The van der Waals surface area contributed by atoms with Crippen molar-refractivity contribution in [2.45, 2.75) is 51.1 Å². The number of aromatic nitrogens is 1. The van der Waals surface area contributed by atoms with E-state index >= 15 is 0 Å². The van der Waals surface area contributed by atoms with Gasteiger partial charge in [-0.15, -0.1) is 0 Å². The standard InChI is InChI=1S/C15H25N3O/c1-12(16)13-7-8-15(17-11-13)18(9-10-19)14-5-3-2-4-6-14/h7-8,11-12,14,19H,2-6,9-10,16H2,1H3. The molecule has 1 atom stereocenters. The lowest BCUT2D eigenvalue weighted by atomic mass is 9.94. The lowest BCUT2D eigenvalue weighted by molar-refractivity contribution is 0.289. The zero-order chi connectivity index (χ0) is 13.7. The Hall–Kier alpha value is -1.13. The Kier molecular flexibility index (Phi) is 5.16. The number of aliphatic hydroxyl groups is 1. The number of nitrogens with two attached hydrogens (primary N) is 1. The second-order valence-corrected chi connectivity index (χ2v) is 5.45. The molecule has 1 aromatic heterocycles. The van der Waals surface area contributed by atoms with E-state index in [0.717, 1.165) is 11.4 Å². The molecular weight excluding hydrogens is 238 g/mol. The Labute approximate surface area is 115 Å². The smallest absolute Gasteiger partial charge is 0.128 e. The van der Waals surface area contributed by atoms with E-state index in [4.69, 9.17) is 5.73 Å². The second kappa shape index (κ2) is 6.87. The fourth-order valence-corrected chi connectivity index (χ4v) is 2.82. The zero-order valence-corrected chi connectivity index (χ0v) is 11.8. The number of hydrogen-bond donors (Lipinski definition) is 2. The molecule has 0 amide bonds. The highest BCUT2D eigenvalue weighted by Crippen LogP contribution is 2.26. The summed E-state index contributed by atoms with van der Waals surface area (Å²) in [5.74, 6) is 0.963. The quantitative estimate of drug-likeness (QED) is 0.855. The number of aliphatic hydroxyl groups excluding tert-OH is 1. The van der Waals surface area contributed by atoms with Gasteiger partial charge in [-0.25, -0.2) is 4.98 Å². The Bertz CT molecular complexity index is 371. The van der Waals surface area contributed by atoms with Gasteiger partial charge in [0.1, 0.15) is 5.82 Å². The number of rotatable bonds is 5. The average Bonchev–Trinajstić information content (AvgIpc) is 2.46. The number of anilines is 1. The van der Waals surface area contributed by atoms with Gasteiger partial charge in [0, 0.05) is 24.8 Å². The van der Waals surface area contributed by atoms with E-state index in [-0.39, 0.29) is 12.6 Å². The molecule has 3 N–H and O–H groups in total. The minimum absolute atomic E-state index is 0.0162. The summed E-state index contributed by atoms with van der Waals surface area (Å²) in [6.07, 6.45) is 8.16. The van der Waals surface area contributed by atoms with Crippen molar-refractivity contribution in [3.05, 3.63) is 23.9 Å². The first-order chi connectivity index (χ1) is 9.22. The monoisotopic (exact) mass is 263 g/mol. The van der Waals surface area contributed by atoms with E-state index in [1.807, 2.05) is 25.3 Å². The van der Waals surface area contributed by atoms with Crippen molar-refractivity contribution in [1.82, 2.24) is 4.98 Å². The van der Waals surface area contributed by atoms with Crippen molar-refractivity contribution in [3.8, 4) is 0 Å². The minimum atomic E-state index is 0.0162. The molecule has 0 aromatic carbocycles. The Morgan fingerprint density at radius 2 is 2.11 bits per heavy atom. The zero-order valence-electron chi connectivity index (χ0n) is 11.8. The van der Waals surface area contributed by atoms with Crippen LogP contribution in [0, 0.1) is 0 Å². The maximum atomic E-state index is 9.28. The third-order valence-corrected chi connectivity index (χ3v) is 3.95. The predicted molar refractivity (Wildman–Crippen MR) is 78.1 cm³/mol. The summed E-state index contributed by atoms with van der Waals surface area (Å²) in [7, 11) is 0. The summed E-state index contributed by atoms with van der Waals surface area (Å²) in [5.41, 5.74) is 6.90. The molecule has 19 heavy (non-hydrogen) atoms. The Balaban J connectivity index is 2.13. The third-order valence-electron chi connectivity index (χ3n) is 3.95.